The molecule has 2 aliphatic heterocycles. The van der Waals surface area contributed by atoms with E-state index in [-0.39, 0.29) is 23.6 Å². The maximum absolute atomic E-state index is 11.7. The van der Waals surface area contributed by atoms with Crippen LogP contribution in [0.2, 0.25) is 10.0 Å². The fourth-order valence-electron chi connectivity index (χ4n) is 3.36. The van der Waals surface area contributed by atoms with Gasteiger partial charge >= 0.3 is 0 Å². The van der Waals surface area contributed by atoms with Crippen LogP contribution in [0.15, 0.2) is 46.9 Å². The molecule has 2 aliphatic rings. The zero-order valence-electron chi connectivity index (χ0n) is 16.4. The van der Waals surface area contributed by atoms with Crippen molar-refractivity contribution in [2.75, 3.05) is 9.80 Å². The Hall–Kier alpha value is -2.22. The number of rotatable bonds is 2. The van der Waals surface area contributed by atoms with Crippen molar-refractivity contribution in [3.05, 3.63) is 57.0 Å². The van der Waals surface area contributed by atoms with Crippen LogP contribution in [0.5, 0.6) is 0 Å². The second-order valence-corrected chi connectivity index (χ2v) is 8.64. The summed E-state index contributed by atoms with van der Waals surface area (Å²) in [5.41, 5.74) is 0.952. The Labute approximate surface area is 198 Å². The third kappa shape index (κ3) is 5.34. The first-order valence-electron chi connectivity index (χ1n) is 9.71. The summed E-state index contributed by atoms with van der Waals surface area (Å²) in [5, 5.41) is 0.632. The molecular weight excluding hydrogens is 507 g/mol. The molecule has 0 aliphatic carbocycles. The highest BCUT2D eigenvalue weighted by Gasteiger charge is 2.30. The van der Waals surface area contributed by atoms with Crippen LogP contribution in [-0.2, 0) is 19.2 Å². The molecule has 2 aromatic rings. The molecule has 2 fully saturated rings. The van der Waals surface area contributed by atoms with Crippen molar-refractivity contribution in [2.24, 2.45) is 0 Å². The van der Waals surface area contributed by atoms with Gasteiger partial charge in [-0.2, -0.15) is 0 Å². The Morgan fingerprint density at radius 2 is 1.10 bits per heavy atom. The van der Waals surface area contributed by atoms with Crippen LogP contribution >= 0.6 is 39.1 Å². The average molecular weight is 526 g/mol. The monoisotopic (exact) mass is 524 g/mol. The predicted molar refractivity (Wildman–Crippen MR) is 123 cm³/mol. The number of nitrogens with zero attached hydrogens (tertiary/aromatic N) is 2. The van der Waals surface area contributed by atoms with Gasteiger partial charge in [0.15, 0.2) is 0 Å². The summed E-state index contributed by atoms with van der Waals surface area (Å²) in [7, 11) is 0. The molecule has 0 saturated carbocycles. The zero-order chi connectivity index (χ0) is 22.5. The number of hydrogen-bond donors (Lipinski definition) is 0. The van der Waals surface area contributed by atoms with Crippen molar-refractivity contribution < 1.29 is 19.2 Å². The van der Waals surface area contributed by atoms with Gasteiger partial charge in [0.1, 0.15) is 0 Å². The number of hydrogen-bond acceptors (Lipinski definition) is 4. The molecule has 0 radical (unpaired) electrons. The molecule has 2 heterocycles. The average Bonchev–Trinajstić information content (AvgIpc) is 2.72. The van der Waals surface area contributed by atoms with Crippen molar-refractivity contribution >= 4 is 74.1 Å². The van der Waals surface area contributed by atoms with E-state index < -0.39 is 0 Å². The van der Waals surface area contributed by atoms with Gasteiger partial charge in [0.25, 0.3) is 0 Å². The second kappa shape index (κ2) is 10.4. The molecule has 162 valence electrons. The minimum atomic E-state index is -0.244. The number of imide groups is 2. The van der Waals surface area contributed by atoms with Crippen molar-refractivity contribution in [1.29, 1.82) is 0 Å². The normalized spacial score (nSPS) is 16.9. The smallest absolute Gasteiger partial charge is 0.233 e. The number of para-hydroxylation sites is 2. The highest BCUT2D eigenvalue weighted by atomic mass is 79.9. The summed E-state index contributed by atoms with van der Waals surface area (Å²) in [6.45, 7) is 0. The Bertz CT molecular complexity index is 992. The highest BCUT2D eigenvalue weighted by Crippen LogP contribution is 2.35. The van der Waals surface area contributed by atoms with Crippen LogP contribution in [-0.4, -0.2) is 23.6 Å². The van der Waals surface area contributed by atoms with Crippen molar-refractivity contribution in [1.82, 2.24) is 0 Å². The quantitative estimate of drug-likeness (QED) is 0.483. The molecule has 6 nitrogen and oxygen atoms in total. The molecule has 0 aromatic heterocycles. The number of piperidine rings is 2. The number of anilines is 2. The lowest BCUT2D eigenvalue weighted by atomic mass is 10.1. The van der Waals surface area contributed by atoms with Gasteiger partial charge in [0.05, 0.1) is 21.4 Å². The van der Waals surface area contributed by atoms with Crippen molar-refractivity contribution in [3.8, 4) is 0 Å². The highest BCUT2D eigenvalue weighted by molar-refractivity contribution is 9.10. The van der Waals surface area contributed by atoms with Gasteiger partial charge in [-0.1, -0.05) is 41.4 Å². The largest absolute Gasteiger partial charge is 0.274 e. The summed E-state index contributed by atoms with van der Waals surface area (Å²) >= 11 is 15.3. The Kier molecular flexibility index (Phi) is 7.86. The molecule has 4 amide bonds. The number of carbonyl (C=O) groups is 4. The lowest BCUT2D eigenvalue weighted by Gasteiger charge is -2.26. The molecular formula is C22H19BrCl2N2O4. The van der Waals surface area contributed by atoms with Crippen LogP contribution in [0.1, 0.15) is 38.5 Å². The van der Waals surface area contributed by atoms with Gasteiger partial charge in [-0.15, -0.1) is 0 Å². The van der Waals surface area contributed by atoms with Gasteiger partial charge < -0.3 is 0 Å². The first-order valence-corrected chi connectivity index (χ1v) is 11.3. The van der Waals surface area contributed by atoms with E-state index in [9.17, 15) is 19.2 Å². The van der Waals surface area contributed by atoms with Gasteiger partial charge in [-0.3, -0.25) is 19.2 Å². The second-order valence-electron chi connectivity index (χ2n) is 6.97. The number of carbonyl (C=O) groups excluding carboxylic acids is 4. The molecule has 0 N–H and O–H groups in total. The maximum Gasteiger partial charge on any atom is 0.233 e. The van der Waals surface area contributed by atoms with E-state index in [1.165, 1.54) is 4.90 Å². The number of halogens is 3. The van der Waals surface area contributed by atoms with Gasteiger partial charge in [0, 0.05) is 30.2 Å². The molecule has 0 atom stereocenters. The van der Waals surface area contributed by atoms with Crippen LogP contribution in [0.4, 0.5) is 11.4 Å². The third-order valence-corrected chi connectivity index (χ3v) is 6.10. The van der Waals surface area contributed by atoms with E-state index >= 15 is 0 Å². The van der Waals surface area contributed by atoms with Crippen LogP contribution < -0.4 is 9.80 Å². The molecule has 9 heteroatoms. The zero-order valence-corrected chi connectivity index (χ0v) is 19.5. The third-order valence-electron chi connectivity index (χ3n) is 4.81. The Morgan fingerprint density at radius 1 is 0.645 bits per heavy atom. The van der Waals surface area contributed by atoms with E-state index in [1.54, 1.807) is 24.3 Å². The first kappa shape index (κ1) is 23.4. The SMILES string of the molecule is O=C1CCCC(=O)N1c1c(Cl)cccc1Cl.O=C1CCCC(=O)N1c1ccccc1Br. The predicted octanol–water partition coefficient (Wildman–Crippen LogP) is 5.53. The molecule has 2 aromatic carbocycles. The van der Waals surface area contributed by atoms with E-state index in [2.05, 4.69) is 15.9 Å². The number of benzene rings is 2. The maximum atomic E-state index is 11.7. The summed E-state index contributed by atoms with van der Waals surface area (Å²) < 4.78 is 0.772. The van der Waals surface area contributed by atoms with Crippen LogP contribution in [0.25, 0.3) is 0 Å². The van der Waals surface area contributed by atoms with Crippen LogP contribution in [0, 0.1) is 0 Å². The summed E-state index contributed by atoms with van der Waals surface area (Å²) in [5.74, 6) is -0.714. The summed E-state index contributed by atoms with van der Waals surface area (Å²) in [4.78, 5) is 49.0. The van der Waals surface area contributed by atoms with E-state index in [1.807, 2.05) is 18.2 Å². The fourth-order valence-corrected chi connectivity index (χ4v) is 4.39. The molecule has 0 bridgehead atoms. The minimum absolute atomic E-state index is 0.113. The Morgan fingerprint density at radius 3 is 1.58 bits per heavy atom. The van der Waals surface area contributed by atoms with E-state index in [4.69, 9.17) is 23.2 Å². The molecule has 0 spiro atoms. The lowest BCUT2D eigenvalue weighted by molar-refractivity contribution is -0.130. The number of amides is 4. The van der Waals surface area contributed by atoms with Gasteiger partial charge in [-0.05, 0) is 53.0 Å². The van der Waals surface area contributed by atoms with Crippen molar-refractivity contribution in [2.45, 2.75) is 38.5 Å². The van der Waals surface area contributed by atoms with Gasteiger partial charge in [-0.25, -0.2) is 9.80 Å². The summed E-state index contributed by atoms with van der Waals surface area (Å²) in [6.07, 6.45) is 2.87. The van der Waals surface area contributed by atoms with Crippen molar-refractivity contribution in [3.63, 3.8) is 0 Å². The fraction of sp³-hybridized carbons (Fsp3) is 0.273. The lowest BCUT2D eigenvalue weighted by Crippen LogP contribution is -2.40. The summed E-state index contributed by atoms with van der Waals surface area (Å²) in [6, 6.07) is 12.2. The van der Waals surface area contributed by atoms with E-state index in [0.29, 0.717) is 59.9 Å². The minimum Gasteiger partial charge on any atom is -0.274 e. The molecule has 4 rings (SSSR count). The van der Waals surface area contributed by atoms with Gasteiger partial charge in [0.2, 0.25) is 23.6 Å². The first-order chi connectivity index (χ1) is 14.8. The van der Waals surface area contributed by atoms with E-state index in [0.717, 1.165) is 9.37 Å². The standard InChI is InChI=1S/C11H10BrNO2.C11H9Cl2NO2/c12-8-4-1-2-5-9(8)13-10(14)6-3-7-11(13)15;12-7-3-1-4-8(13)11(7)14-9(15)5-2-6-10(14)16/h1-2,4-5H,3,6-7H2;1,3-4H,2,5-6H2. The Balaban J connectivity index is 0.000000176. The molecule has 0 unspecified atom stereocenters. The van der Waals surface area contributed by atoms with Crippen LogP contribution in [0.3, 0.4) is 0 Å². The molecule has 31 heavy (non-hydrogen) atoms. The molecule has 2 saturated heterocycles. The topological polar surface area (TPSA) is 74.8 Å².